The third-order valence-corrected chi connectivity index (χ3v) is 5.46. The van der Waals surface area contributed by atoms with Crippen LogP contribution in [0.5, 0.6) is 0 Å². The quantitative estimate of drug-likeness (QED) is 0.698. The maximum Gasteiger partial charge on any atom is 0.445 e. The number of pyridine rings is 1. The first kappa shape index (κ1) is 17.2. The van der Waals surface area contributed by atoms with Crippen molar-refractivity contribution in [2.45, 2.75) is 12.7 Å². The highest BCUT2D eigenvalue weighted by Crippen LogP contribution is 2.34. The lowest BCUT2D eigenvalue weighted by atomic mass is 10.1. The van der Waals surface area contributed by atoms with Crippen LogP contribution in [-0.2, 0) is 12.7 Å². The lowest BCUT2D eigenvalue weighted by Gasteiger charge is -2.34. The van der Waals surface area contributed by atoms with Gasteiger partial charge < -0.3 is 4.90 Å². The topological polar surface area (TPSA) is 45.2 Å². The monoisotopic (exact) mass is 379 g/mol. The number of hydrogen-bond donors (Lipinski definition) is 0. The number of nitrogens with zero attached hydrogens (tertiary/aromatic N) is 5. The van der Waals surface area contributed by atoms with Crippen LogP contribution < -0.4 is 4.90 Å². The number of fused-ring (bicyclic) bond motifs is 1. The number of hydrogen-bond acceptors (Lipinski definition) is 6. The molecule has 3 heterocycles. The van der Waals surface area contributed by atoms with E-state index in [9.17, 15) is 13.2 Å². The van der Waals surface area contributed by atoms with Crippen LogP contribution in [0.1, 0.15) is 10.6 Å². The highest BCUT2D eigenvalue weighted by Gasteiger charge is 2.36. The number of para-hydroxylation sites is 1. The molecule has 136 valence electrons. The normalized spacial score (nSPS) is 16.3. The molecule has 5 nitrogen and oxygen atoms in total. The van der Waals surface area contributed by atoms with Crippen LogP contribution in [0.3, 0.4) is 0 Å². The number of alkyl halides is 3. The second-order valence-corrected chi connectivity index (χ2v) is 7.09. The Morgan fingerprint density at radius 3 is 2.50 bits per heavy atom. The van der Waals surface area contributed by atoms with E-state index in [0.717, 1.165) is 30.5 Å². The first-order chi connectivity index (χ1) is 12.5. The Balaban J connectivity index is 1.41. The van der Waals surface area contributed by atoms with Gasteiger partial charge in [-0.1, -0.05) is 29.5 Å². The maximum absolute atomic E-state index is 12.7. The van der Waals surface area contributed by atoms with E-state index in [4.69, 9.17) is 0 Å². The molecular weight excluding hydrogens is 363 g/mol. The second-order valence-electron chi connectivity index (χ2n) is 6.14. The Labute approximate surface area is 152 Å². The number of halogens is 3. The summed E-state index contributed by atoms with van der Waals surface area (Å²) in [5, 5.41) is 7.55. The van der Waals surface area contributed by atoms with Gasteiger partial charge in [0.1, 0.15) is 0 Å². The summed E-state index contributed by atoms with van der Waals surface area (Å²) in [6.45, 7) is 3.58. The maximum atomic E-state index is 12.7. The molecule has 0 aliphatic carbocycles. The third-order valence-electron chi connectivity index (χ3n) is 4.43. The molecule has 0 radical (unpaired) electrons. The minimum atomic E-state index is -4.43. The van der Waals surface area contributed by atoms with Crippen molar-refractivity contribution < 1.29 is 13.2 Å². The van der Waals surface area contributed by atoms with Crippen molar-refractivity contribution in [1.82, 2.24) is 20.1 Å². The predicted octanol–water partition coefficient (Wildman–Crippen LogP) is 3.43. The molecular formula is C17H16F3N5S. The molecule has 26 heavy (non-hydrogen) atoms. The standard InChI is InChI=1S/C17H16F3N5S/c18-17(19,20)15-22-23-16(26-15)25-9-7-24(8-10-25)11-12-5-6-21-14-4-2-1-3-13(12)14/h1-6H,7-11H2. The van der Waals surface area contributed by atoms with Crippen LogP contribution in [0.2, 0.25) is 0 Å². The van der Waals surface area contributed by atoms with Crippen LogP contribution in [-0.4, -0.2) is 46.3 Å². The summed E-state index contributed by atoms with van der Waals surface area (Å²) in [4.78, 5) is 8.54. The van der Waals surface area contributed by atoms with Gasteiger partial charge in [-0.05, 0) is 17.7 Å². The molecule has 0 spiro atoms. The first-order valence-corrected chi connectivity index (χ1v) is 9.03. The van der Waals surface area contributed by atoms with Gasteiger partial charge in [0.15, 0.2) is 0 Å². The van der Waals surface area contributed by atoms with Gasteiger partial charge in [0, 0.05) is 44.3 Å². The summed E-state index contributed by atoms with van der Waals surface area (Å²) in [5.74, 6) is 0. The van der Waals surface area contributed by atoms with Crippen LogP contribution in [0.15, 0.2) is 36.5 Å². The molecule has 0 unspecified atom stereocenters. The zero-order chi connectivity index (χ0) is 18.1. The Kier molecular flexibility index (Phi) is 4.49. The fourth-order valence-electron chi connectivity index (χ4n) is 3.09. The summed E-state index contributed by atoms with van der Waals surface area (Å²) >= 11 is 0.605. The average molecular weight is 379 g/mol. The van der Waals surface area contributed by atoms with Crippen molar-refractivity contribution in [3.8, 4) is 0 Å². The highest BCUT2D eigenvalue weighted by molar-refractivity contribution is 7.15. The van der Waals surface area contributed by atoms with E-state index >= 15 is 0 Å². The van der Waals surface area contributed by atoms with Crippen molar-refractivity contribution in [1.29, 1.82) is 0 Å². The van der Waals surface area contributed by atoms with Gasteiger partial charge in [0.05, 0.1) is 5.52 Å². The number of rotatable bonds is 3. The van der Waals surface area contributed by atoms with Crippen LogP contribution >= 0.6 is 11.3 Å². The minimum Gasteiger partial charge on any atom is -0.344 e. The van der Waals surface area contributed by atoms with E-state index in [-0.39, 0.29) is 0 Å². The molecule has 0 saturated carbocycles. The van der Waals surface area contributed by atoms with Crippen molar-refractivity contribution in [3.63, 3.8) is 0 Å². The minimum absolute atomic E-state index is 0.339. The number of anilines is 1. The highest BCUT2D eigenvalue weighted by atomic mass is 32.1. The van der Waals surface area contributed by atoms with E-state index in [1.807, 2.05) is 35.4 Å². The molecule has 0 atom stereocenters. The lowest BCUT2D eigenvalue weighted by Crippen LogP contribution is -2.46. The van der Waals surface area contributed by atoms with Crippen LogP contribution in [0.4, 0.5) is 18.3 Å². The van der Waals surface area contributed by atoms with E-state index in [1.165, 1.54) is 5.56 Å². The smallest absolute Gasteiger partial charge is 0.344 e. The Hall–Kier alpha value is -2.26. The molecule has 1 fully saturated rings. The summed E-state index contributed by atoms with van der Waals surface area (Å²) in [5.41, 5.74) is 2.18. The second kappa shape index (κ2) is 6.81. The van der Waals surface area contributed by atoms with Gasteiger partial charge in [0.2, 0.25) is 10.1 Å². The zero-order valence-corrected chi connectivity index (χ0v) is 14.6. The third kappa shape index (κ3) is 3.49. The SMILES string of the molecule is FC(F)(F)c1nnc(N2CCN(Cc3ccnc4ccccc34)CC2)s1. The molecule has 0 amide bonds. The molecule has 9 heteroatoms. The van der Waals surface area contributed by atoms with Crippen molar-refractivity contribution >= 4 is 27.4 Å². The fourth-order valence-corrected chi connectivity index (χ4v) is 3.85. The molecule has 4 rings (SSSR count). The Bertz CT molecular complexity index is 897. The number of piperazine rings is 1. The Morgan fingerprint density at radius 2 is 1.77 bits per heavy atom. The zero-order valence-electron chi connectivity index (χ0n) is 13.8. The van der Waals surface area contributed by atoms with Gasteiger partial charge in [-0.3, -0.25) is 9.88 Å². The molecule has 0 bridgehead atoms. The molecule has 2 aromatic heterocycles. The molecule has 3 aromatic rings. The van der Waals surface area contributed by atoms with Gasteiger partial charge in [0.25, 0.3) is 0 Å². The number of benzene rings is 1. The van der Waals surface area contributed by atoms with Crippen molar-refractivity contribution in [2.75, 3.05) is 31.1 Å². The first-order valence-electron chi connectivity index (χ1n) is 8.21. The van der Waals surface area contributed by atoms with Gasteiger partial charge >= 0.3 is 6.18 Å². The van der Waals surface area contributed by atoms with Gasteiger partial charge in [-0.25, -0.2) is 0 Å². The van der Waals surface area contributed by atoms with E-state index in [2.05, 4.69) is 26.1 Å². The van der Waals surface area contributed by atoms with Crippen LogP contribution in [0, 0.1) is 0 Å². The predicted molar refractivity (Wildman–Crippen MR) is 94.1 cm³/mol. The molecule has 1 aromatic carbocycles. The lowest BCUT2D eigenvalue weighted by molar-refractivity contribution is -0.138. The van der Waals surface area contributed by atoms with E-state index in [1.54, 1.807) is 0 Å². The summed E-state index contributed by atoms with van der Waals surface area (Å²) < 4.78 is 38.0. The number of aromatic nitrogens is 3. The van der Waals surface area contributed by atoms with Gasteiger partial charge in [-0.15, -0.1) is 10.2 Å². The van der Waals surface area contributed by atoms with E-state index < -0.39 is 11.2 Å². The molecule has 1 saturated heterocycles. The van der Waals surface area contributed by atoms with E-state index in [0.29, 0.717) is 29.6 Å². The molecule has 1 aliphatic heterocycles. The summed E-state index contributed by atoms with van der Waals surface area (Å²) in [6, 6.07) is 10.0. The average Bonchev–Trinajstić information content (AvgIpc) is 3.13. The van der Waals surface area contributed by atoms with Crippen molar-refractivity contribution in [2.24, 2.45) is 0 Å². The molecule has 0 N–H and O–H groups in total. The fraction of sp³-hybridized carbons (Fsp3) is 0.353. The summed E-state index contributed by atoms with van der Waals surface area (Å²) in [6.07, 6.45) is -2.62. The van der Waals surface area contributed by atoms with Gasteiger partial charge in [-0.2, -0.15) is 13.2 Å². The molecule has 1 aliphatic rings. The Morgan fingerprint density at radius 1 is 1.00 bits per heavy atom. The summed E-state index contributed by atoms with van der Waals surface area (Å²) in [7, 11) is 0. The van der Waals surface area contributed by atoms with Crippen molar-refractivity contribution in [3.05, 3.63) is 47.1 Å². The van der Waals surface area contributed by atoms with Crippen LogP contribution in [0.25, 0.3) is 10.9 Å². The largest absolute Gasteiger partial charge is 0.445 e.